The molecule has 2 rings (SSSR count). The van der Waals surface area contributed by atoms with Gasteiger partial charge in [0.2, 0.25) is 10.0 Å². The van der Waals surface area contributed by atoms with E-state index in [4.69, 9.17) is 9.47 Å². The minimum absolute atomic E-state index is 0.0242. The zero-order chi connectivity index (χ0) is 20.2. The second-order valence-electron chi connectivity index (χ2n) is 5.81. The maximum Gasteiger partial charge on any atom is 0.355 e. The van der Waals surface area contributed by atoms with Gasteiger partial charge >= 0.3 is 5.97 Å². The number of hydrogen-bond donors (Lipinski definition) is 0. The summed E-state index contributed by atoms with van der Waals surface area (Å²) in [7, 11) is -0.757. The fourth-order valence-electron chi connectivity index (χ4n) is 2.61. The molecule has 0 aliphatic heterocycles. The highest BCUT2D eigenvalue weighted by atomic mass is 32.2. The Kier molecular flexibility index (Phi) is 6.61. The Bertz CT molecular complexity index is 920. The zero-order valence-corrected chi connectivity index (χ0v) is 16.5. The molecule has 27 heavy (non-hydrogen) atoms. The number of methoxy groups -OCH3 is 1. The number of nitrogens with zero attached hydrogens (tertiary/aromatic N) is 2. The van der Waals surface area contributed by atoms with E-state index in [0.29, 0.717) is 18.7 Å². The Labute approximate surface area is 158 Å². The van der Waals surface area contributed by atoms with Gasteiger partial charge in [0.25, 0.3) is 0 Å². The summed E-state index contributed by atoms with van der Waals surface area (Å²) in [5.74, 6) is -1.16. The van der Waals surface area contributed by atoms with Gasteiger partial charge in [0, 0.05) is 26.3 Å². The lowest BCUT2D eigenvalue weighted by molar-refractivity contribution is 0.0461. The molecule has 0 atom stereocenters. The SMILES string of the molecule is CCN(CC)S(=O)(=O)c1cc(C(=O)OCc2ccc(OC)c(F)c2)n(C)c1. The van der Waals surface area contributed by atoms with Gasteiger partial charge in [0.15, 0.2) is 11.6 Å². The number of ether oxygens (including phenoxy) is 2. The van der Waals surface area contributed by atoms with Gasteiger partial charge in [-0.1, -0.05) is 19.9 Å². The first kappa shape index (κ1) is 20.9. The molecule has 0 aliphatic rings. The van der Waals surface area contributed by atoms with E-state index < -0.39 is 21.8 Å². The Balaban J connectivity index is 2.16. The van der Waals surface area contributed by atoms with E-state index in [9.17, 15) is 17.6 Å². The summed E-state index contributed by atoms with van der Waals surface area (Å²) in [6, 6.07) is 5.52. The summed E-state index contributed by atoms with van der Waals surface area (Å²) in [5, 5.41) is 0. The van der Waals surface area contributed by atoms with Crippen LogP contribution < -0.4 is 4.74 Å². The first-order chi connectivity index (χ1) is 12.7. The van der Waals surface area contributed by atoms with Crippen molar-refractivity contribution < 1.29 is 27.1 Å². The van der Waals surface area contributed by atoms with Gasteiger partial charge in [-0.25, -0.2) is 17.6 Å². The van der Waals surface area contributed by atoms with Crippen molar-refractivity contribution in [1.29, 1.82) is 0 Å². The van der Waals surface area contributed by atoms with Crippen molar-refractivity contribution in [2.24, 2.45) is 7.05 Å². The molecule has 0 N–H and O–H groups in total. The molecular formula is C18H23FN2O5S. The molecule has 1 aromatic carbocycles. The van der Waals surface area contributed by atoms with Crippen LogP contribution in [0, 0.1) is 5.82 Å². The number of carbonyl (C=O) groups excluding carboxylic acids is 1. The molecule has 0 saturated carbocycles. The van der Waals surface area contributed by atoms with Crippen molar-refractivity contribution in [3.8, 4) is 5.75 Å². The smallest absolute Gasteiger partial charge is 0.355 e. The summed E-state index contributed by atoms with van der Waals surface area (Å²) in [4.78, 5) is 12.4. The molecule has 148 valence electrons. The molecule has 0 unspecified atom stereocenters. The standard InChI is InChI=1S/C18H23FN2O5S/c1-5-21(6-2)27(23,24)14-10-16(20(3)11-14)18(22)26-12-13-7-8-17(25-4)15(19)9-13/h7-11H,5-6,12H2,1-4H3. The molecule has 0 fully saturated rings. The Morgan fingerprint density at radius 1 is 1.22 bits per heavy atom. The van der Waals surface area contributed by atoms with Gasteiger partial charge in [-0.15, -0.1) is 0 Å². The highest BCUT2D eigenvalue weighted by Gasteiger charge is 2.25. The first-order valence-electron chi connectivity index (χ1n) is 8.40. The van der Waals surface area contributed by atoms with Crippen molar-refractivity contribution in [2.45, 2.75) is 25.3 Å². The second-order valence-corrected chi connectivity index (χ2v) is 7.74. The van der Waals surface area contributed by atoms with Crippen LogP contribution in [0.4, 0.5) is 4.39 Å². The molecule has 9 heteroatoms. The molecule has 0 aliphatic carbocycles. The fourth-order valence-corrected chi connectivity index (χ4v) is 4.14. The summed E-state index contributed by atoms with van der Waals surface area (Å²) in [5.41, 5.74) is 0.543. The molecule has 0 saturated heterocycles. The quantitative estimate of drug-likeness (QED) is 0.639. The monoisotopic (exact) mass is 398 g/mol. The van der Waals surface area contributed by atoms with Gasteiger partial charge < -0.3 is 14.0 Å². The maximum atomic E-state index is 13.7. The Morgan fingerprint density at radius 2 is 1.89 bits per heavy atom. The number of benzene rings is 1. The van der Waals surface area contributed by atoms with Crippen molar-refractivity contribution >= 4 is 16.0 Å². The number of halogens is 1. The topological polar surface area (TPSA) is 77.8 Å². The maximum absolute atomic E-state index is 13.7. The third-order valence-corrected chi connectivity index (χ3v) is 6.13. The lowest BCUT2D eigenvalue weighted by atomic mass is 10.2. The number of esters is 1. The predicted molar refractivity (Wildman–Crippen MR) is 97.6 cm³/mol. The van der Waals surface area contributed by atoms with Crippen molar-refractivity contribution in [2.75, 3.05) is 20.2 Å². The highest BCUT2D eigenvalue weighted by molar-refractivity contribution is 7.89. The van der Waals surface area contributed by atoms with E-state index in [1.54, 1.807) is 27.0 Å². The second kappa shape index (κ2) is 8.53. The van der Waals surface area contributed by atoms with Crippen LogP contribution in [-0.2, 0) is 28.4 Å². The lowest BCUT2D eigenvalue weighted by Gasteiger charge is -2.17. The number of carbonyl (C=O) groups is 1. The van der Waals surface area contributed by atoms with E-state index in [-0.39, 0.29) is 22.9 Å². The molecule has 0 radical (unpaired) electrons. The zero-order valence-electron chi connectivity index (χ0n) is 15.7. The van der Waals surface area contributed by atoms with Crippen LogP contribution in [0.1, 0.15) is 29.9 Å². The van der Waals surface area contributed by atoms with Gasteiger partial charge in [-0.3, -0.25) is 0 Å². The average Bonchev–Trinajstić information content (AvgIpc) is 3.03. The van der Waals surface area contributed by atoms with Gasteiger partial charge in [0.1, 0.15) is 17.2 Å². The minimum Gasteiger partial charge on any atom is -0.494 e. The van der Waals surface area contributed by atoms with E-state index in [1.807, 2.05) is 0 Å². The largest absolute Gasteiger partial charge is 0.494 e. The van der Waals surface area contributed by atoms with Gasteiger partial charge in [0.05, 0.1) is 7.11 Å². The number of aryl methyl sites for hydroxylation is 1. The van der Waals surface area contributed by atoms with Crippen molar-refractivity contribution in [3.63, 3.8) is 0 Å². The van der Waals surface area contributed by atoms with Crippen LogP contribution in [0.2, 0.25) is 0 Å². The van der Waals surface area contributed by atoms with Crippen LogP contribution in [0.3, 0.4) is 0 Å². The normalized spacial score (nSPS) is 11.6. The van der Waals surface area contributed by atoms with Crippen LogP contribution in [-0.4, -0.2) is 43.5 Å². The van der Waals surface area contributed by atoms with E-state index >= 15 is 0 Å². The fraction of sp³-hybridized carbons (Fsp3) is 0.389. The average molecular weight is 398 g/mol. The third-order valence-electron chi connectivity index (χ3n) is 4.12. The van der Waals surface area contributed by atoms with Gasteiger partial charge in [-0.2, -0.15) is 4.31 Å². The lowest BCUT2D eigenvalue weighted by Crippen LogP contribution is -2.30. The third kappa shape index (κ3) is 4.48. The number of hydrogen-bond acceptors (Lipinski definition) is 5. The number of aromatic nitrogens is 1. The van der Waals surface area contributed by atoms with Crippen LogP contribution in [0.5, 0.6) is 5.75 Å². The molecule has 0 amide bonds. The summed E-state index contributed by atoms with van der Waals surface area (Å²) < 4.78 is 51.6. The van der Waals surface area contributed by atoms with Crippen LogP contribution in [0.25, 0.3) is 0 Å². The molecule has 1 aromatic heterocycles. The molecule has 2 aromatic rings. The van der Waals surface area contributed by atoms with E-state index in [1.165, 1.54) is 40.4 Å². The number of sulfonamides is 1. The molecule has 1 heterocycles. The molecule has 0 spiro atoms. The van der Waals surface area contributed by atoms with Crippen LogP contribution >= 0.6 is 0 Å². The van der Waals surface area contributed by atoms with Crippen molar-refractivity contribution in [3.05, 3.63) is 47.5 Å². The Hall–Kier alpha value is -2.39. The molecule has 0 bridgehead atoms. The summed E-state index contributed by atoms with van der Waals surface area (Å²) in [6.45, 7) is 4.00. The highest BCUT2D eigenvalue weighted by Crippen LogP contribution is 2.21. The predicted octanol–water partition coefficient (Wildman–Crippen LogP) is 2.56. The summed E-state index contributed by atoms with van der Waals surface area (Å²) in [6.07, 6.45) is 1.37. The van der Waals surface area contributed by atoms with E-state index in [2.05, 4.69) is 0 Å². The van der Waals surface area contributed by atoms with Gasteiger partial charge in [-0.05, 0) is 23.8 Å². The molecular weight excluding hydrogens is 375 g/mol. The molecule has 7 nitrogen and oxygen atoms in total. The number of rotatable bonds is 8. The first-order valence-corrected chi connectivity index (χ1v) is 9.84. The Morgan fingerprint density at radius 3 is 2.44 bits per heavy atom. The van der Waals surface area contributed by atoms with E-state index in [0.717, 1.165) is 0 Å². The van der Waals surface area contributed by atoms with Crippen LogP contribution in [0.15, 0.2) is 35.4 Å². The summed E-state index contributed by atoms with van der Waals surface area (Å²) >= 11 is 0. The minimum atomic E-state index is -3.68. The van der Waals surface area contributed by atoms with Crippen molar-refractivity contribution in [1.82, 2.24) is 8.87 Å².